The Morgan fingerprint density at radius 1 is 1.54 bits per heavy atom. The van der Waals surface area contributed by atoms with Gasteiger partial charge in [-0.1, -0.05) is 23.5 Å². The summed E-state index contributed by atoms with van der Waals surface area (Å²) in [5.41, 5.74) is 1.25. The molecule has 0 aliphatic rings. The van der Waals surface area contributed by atoms with Crippen LogP contribution in [0.4, 0.5) is 5.13 Å². The van der Waals surface area contributed by atoms with E-state index in [1.807, 2.05) is 11.5 Å². The summed E-state index contributed by atoms with van der Waals surface area (Å²) < 4.78 is 7.49. The van der Waals surface area contributed by atoms with E-state index in [1.165, 1.54) is 11.3 Å². The maximum Gasteiger partial charge on any atom is 0.257 e. The average Bonchev–Trinajstić information content (AvgIpc) is 3.18. The first kappa shape index (κ1) is 18.0. The van der Waals surface area contributed by atoms with Gasteiger partial charge in [0.15, 0.2) is 15.7 Å². The van der Waals surface area contributed by atoms with Gasteiger partial charge >= 0.3 is 0 Å². The van der Waals surface area contributed by atoms with Crippen LogP contribution in [0.1, 0.15) is 16.1 Å². The molecule has 3 rings (SSSR count). The quantitative estimate of drug-likeness (QED) is 0.496. The molecular formula is C17H17N5O2S2. The van der Waals surface area contributed by atoms with Gasteiger partial charge in [0.05, 0.1) is 17.7 Å². The van der Waals surface area contributed by atoms with E-state index in [2.05, 4.69) is 27.1 Å². The first-order valence-corrected chi connectivity index (χ1v) is 8.95. The van der Waals surface area contributed by atoms with Crippen LogP contribution in [-0.4, -0.2) is 32.8 Å². The van der Waals surface area contributed by atoms with Crippen molar-refractivity contribution in [3.8, 4) is 16.5 Å². The predicted molar refractivity (Wildman–Crippen MR) is 104 cm³/mol. The largest absolute Gasteiger partial charge is 0.497 e. The molecule has 0 unspecified atom stereocenters. The topological polar surface area (TPSA) is 84.8 Å². The Morgan fingerprint density at radius 2 is 2.35 bits per heavy atom. The van der Waals surface area contributed by atoms with E-state index in [1.54, 1.807) is 37.5 Å². The second-order valence-electron chi connectivity index (χ2n) is 5.37. The molecule has 3 aromatic rings. The fraction of sp³-hybridized carbons (Fsp3) is 0.176. The molecule has 2 N–H and O–H groups in total. The zero-order valence-electron chi connectivity index (χ0n) is 14.3. The molecule has 0 aliphatic heterocycles. The summed E-state index contributed by atoms with van der Waals surface area (Å²) in [7, 11) is 1.56. The summed E-state index contributed by atoms with van der Waals surface area (Å²) in [5.74, 6) is 1.04. The Hall–Kier alpha value is -2.78. The van der Waals surface area contributed by atoms with Gasteiger partial charge in [-0.3, -0.25) is 19.8 Å². The maximum absolute atomic E-state index is 12.5. The summed E-state index contributed by atoms with van der Waals surface area (Å²) in [5, 5.41) is 10.4. The van der Waals surface area contributed by atoms with Crippen molar-refractivity contribution in [2.24, 2.45) is 0 Å². The summed E-state index contributed by atoms with van der Waals surface area (Å²) in [6.07, 6.45) is 1.75. The van der Waals surface area contributed by atoms with Crippen molar-refractivity contribution in [1.82, 2.24) is 19.7 Å². The number of aromatic amines is 1. The molecule has 134 valence electrons. The zero-order chi connectivity index (χ0) is 18.7. The number of thiazole rings is 1. The monoisotopic (exact) mass is 387 g/mol. The number of carbonyl (C=O) groups is 1. The fourth-order valence-corrected chi connectivity index (χ4v) is 3.55. The number of amides is 1. The molecule has 0 radical (unpaired) electrons. The maximum atomic E-state index is 12.5. The molecule has 0 fully saturated rings. The molecule has 1 amide bonds. The lowest BCUT2D eigenvalue weighted by Crippen LogP contribution is -2.11. The lowest BCUT2D eigenvalue weighted by molar-refractivity contribution is 0.102. The molecule has 0 bridgehead atoms. The Labute approximate surface area is 159 Å². The zero-order valence-corrected chi connectivity index (χ0v) is 15.9. The van der Waals surface area contributed by atoms with Gasteiger partial charge in [-0.2, -0.15) is 5.10 Å². The molecule has 2 heterocycles. The van der Waals surface area contributed by atoms with Crippen LogP contribution in [0.25, 0.3) is 10.7 Å². The number of nitrogens with zero attached hydrogens (tertiary/aromatic N) is 3. The number of methoxy groups -OCH3 is 1. The minimum atomic E-state index is -0.255. The highest BCUT2D eigenvalue weighted by Crippen LogP contribution is 2.32. The van der Waals surface area contributed by atoms with Gasteiger partial charge < -0.3 is 4.74 Å². The van der Waals surface area contributed by atoms with Gasteiger partial charge in [-0.05, 0) is 37.3 Å². The molecule has 0 atom stereocenters. The number of benzene rings is 1. The van der Waals surface area contributed by atoms with Crippen molar-refractivity contribution >= 4 is 34.6 Å². The molecule has 0 saturated heterocycles. The minimum absolute atomic E-state index is 0.255. The van der Waals surface area contributed by atoms with Crippen LogP contribution in [0.15, 0.2) is 36.9 Å². The Balaban J connectivity index is 1.88. The number of anilines is 1. The summed E-state index contributed by atoms with van der Waals surface area (Å²) in [6.45, 7) is 6.14. The summed E-state index contributed by atoms with van der Waals surface area (Å²) in [4.78, 5) is 17.7. The number of hydrogen-bond acceptors (Lipinski definition) is 6. The van der Waals surface area contributed by atoms with Crippen molar-refractivity contribution in [3.63, 3.8) is 0 Å². The standard InChI is InChI=1S/C17H17N5O2S2/c1-4-8-22-14(20-21-17(22)25)13-10(2)18-16(26-13)19-15(23)11-6-5-7-12(9-11)24-3/h4-7,9H,1,8H2,2-3H3,(H,21,25)(H,18,19,23). The first-order chi connectivity index (χ1) is 12.5. The van der Waals surface area contributed by atoms with Crippen LogP contribution in [0.3, 0.4) is 0 Å². The Kier molecular flexibility index (Phi) is 5.29. The van der Waals surface area contributed by atoms with Gasteiger partial charge in [0.2, 0.25) is 0 Å². The van der Waals surface area contributed by atoms with Crippen molar-refractivity contribution in [2.45, 2.75) is 13.5 Å². The van der Waals surface area contributed by atoms with E-state index >= 15 is 0 Å². The van der Waals surface area contributed by atoms with Gasteiger partial charge in [0.1, 0.15) is 5.75 Å². The van der Waals surface area contributed by atoms with Crippen LogP contribution < -0.4 is 10.1 Å². The molecule has 0 saturated carbocycles. The van der Waals surface area contributed by atoms with Crippen molar-refractivity contribution < 1.29 is 9.53 Å². The highest BCUT2D eigenvalue weighted by atomic mass is 32.1. The smallest absolute Gasteiger partial charge is 0.257 e. The second-order valence-corrected chi connectivity index (χ2v) is 6.76. The highest BCUT2D eigenvalue weighted by Gasteiger charge is 2.17. The molecule has 0 spiro atoms. The normalized spacial score (nSPS) is 10.5. The van der Waals surface area contributed by atoms with Gasteiger partial charge in [-0.25, -0.2) is 4.98 Å². The molecule has 2 aromatic heterocycles. The number of carbonyl (C=O) groups excluding carboxylic acids is 1. The molecule has 9 heteroatoms. The number of allylic oxidation sites excluding steroid dienone is 1. The number of H-pyrrole nitrogens is 1. The minimum Gasteiger partial charge on any atom is -0.497 e. The summed E-state index contributed by atoms with van der Waals surface area (Å²) >= 11 is 6.59. The van der Waals surface area contributed by atoms with Crippen LogP contribution in [0.2, 0.25) is 0 Å². The molecule has 0 aliphatic carbocycles. The van der Waals surface area contributed by atoms with Gasteiger partial charge in [-0.15, -0.1) is 6.58 Å². The number of rotatable bonds is 6. The number of hydrogen-bond donors (Lipinski definition) is 2. The summed E-state index contributed by atoms with van der Waals surface area (Å²) in [6, 6.07) is 6.93. The lowest BCUT2D eigenvalue weighted by atomic mass is 10.2. The average molecular weight is 387 g/mol. The number of nitrogens with one attached hydrogen (secondary N) is 2. The molecular weight excluding hydrogens is 370 g/mol. The number of ether oxygens (including phenoxy) is 1. The van der Waals surface area contributed by atoms with Crippen LogP contribution >= 0.6 is 23.6 Å². The van der Waals surface area contributed by atoms with Crippen LogP contribution in [0.5, 0.6) is 5.75 Å². The second kappa shape index (κ2) is 7.63. The fourth-order valence-electron chi connectivity index (χ4n) is 2.38. The van der Waals surface area contributed by atoms with E-state index in [4.69, 9.17) is 17.0 Å². The Bertz CT molecular complexity index is 1020. The number of aromatic nitrogens is 4. The van der Waals surface area contributed by atoms with Gasteiger partial charge in [0, 0.05) is 12.1 Å². The third-order valence-electron chi connectivity index (χ3n) is 3.62. The highest BCUT2D eigenvalue weighted by molar-refractivity contribution is 7.71. The van der Waals surface area contributed by atoms with E-state index in [9.17, 15) is 4.79 Å². The van der Waals surface area contributed by atoms with Crippen LogP contribution in [-0.2, 0) is 6.54 Å². The molecule has 7 nitrogen and oxygen atoms in total. The Morgan fingerprint density at radius 3 is 3.08 bits per heavy atom. The van der Waals surface area contributed by atoms with E-state index in [0.717, 1.165) is 10.6 Å². The van der Waals surface area contributed by atoms with Crippen molar-refractivity contribution in [1.29, 1.82) is 0 Å². The SMILES string of the molecule is C=CCn1c(-c2sc(NC(=O)c3cccc(OC)c3)nc2C)n[nH]c1=S. The first-order valence-electron chi connectivity index (χ1n) is 7.72. The van der Waals surface area contributed by atoms with Crippen molar-refractivity contribution in [2.75, 3.05) is 12.4 Å². The molecule has 26 heavy (non-hydrogen) atoms. The van der Waals surface area contributed by atoms with E-state index in [-0.39, 0.29) is 5.91 Å². The third kappa shape index (κ3) is 3.58. The predicted octanol–water partition coefficient (Wildman–Crippen LogP) is 3.82. The lowest BCUT2D eigenvalue weighted by Gasteiger charge is -2.04. The van der Waals surface area contributed by atoms with Gasteiger partial charge in [0.25, 0.3) is 5.91 Å². The van der Waals surface area contributed by atoms with E-state index < -0.39 is 0 Å². The third-order valence-corrected chi connectivity index (χ3v) is 5.00. The van der Waals surface area contributed by atoms with Crippen molar-refractivity contribution in [3.05, 3.63) is 52.9 Å². The molecule has 1 aromatic carbocycles. The number of aryl methyl sites for hydroxylation is 1. The van der Waals surface area contributed by atoms with Crippen LogP contribution in [0, 0.1) is 11.7 Å². The van der Waals surface area contributed by atoms with E-state index in [0.29, 0.717) is 33.6 Å².